The normalized spacial score (nSPS) is 15.2. The summed E-state index contributed by atoms with van der Waals surface area (Å²) in [5.41, 5.74) is 1.29. The second kappa shape index (κ2) is 6.71. The molecule has 1 aliphatic rings. The van der Waals surface area contributed by atoms with E-state index in [2.05, 4.69) is 37.9 Å². The average molecular weight is 281 g/mol. The molecule has 1 aromatic rings. The first-order valence-corrected chi connectivity index (χ1v) is 8.45. The van der Waals surface area contributed by atoms with Gasteiger partial charge in [0.25, 0.3) is 0 Å². The molecule has 1 aliphatic carbocycles. The van der Waals surface area contributed by atoms with E-state index in [0.717, 1.165) is 25.7 Å². The first-order chi connectivity index (χ1) is 9.17. The highest BCUT2D eigenvalue weighted by atomic mass is 32.1. The summed E-state index contributed by atoms with van der Waals surface area (Å²) in [7, 11) is 0. The summed E-state index contributed by atoms with van der Waals surface area (Å²) in [4.78, 5) is 8.84. The molecule has 1 aromatic heterocycles. The molecule has 0 unspecified atom stereocenters. The molecule has 108 valence electrons. The van der Waals surface area contributed by atoms with Gasteiger partial charge in [0.05, 0.1) is 5.69 Å². The Morgan fingerprint density at radius 2 is 2.11 bits per heavy atom. The zero-order valence-corrected chi connectivity index (χ0v) is 13.5. The van der Waals surface area contributed by atoms with Gasteiger partial charge in [0.1, 0.15) is 0 Å². The van der Waals surface area contributed by atoms with Crippen LogP contribution in [0, 0.1) is 0 Å². The van der Waals surface area contributed by atoms with Crippen LogP contribution in [-0.4, -0.2) is 24.1 Å². The Morgan fingerprint density at radius 1 is 1.37 bits per heavy atom. The fourth-order valence-electron chi connectivity index (χ4n) is 2.37. The SMILES string of the molecule is CCCNCc1sc(N(CC)C2CC2)nc1C(C)C. The van der Waals surface area contributed by atoms with Crippen LogP contribution in [0.25, 0.3) is 0 Å². The van der Waals surface area contributed by atoms with Gasteiger partial charge in [-0.2, -0.15) is 0 Å². The Hall–Kier alpha value is -0.610. The van der Waals surface area contributed by atoms with E-state index in [0.29, 0.717) is 5.92 Å². The molecule has 0 atom stereocenters. The maximum atomic E-state index is 4.93. The first kappa shape index (κ1) is 14.8. The lowest BCUT2D eigenvalue weighted by atomic mass is 10.1. The Balaban J connectivity index is 2.13. The lowest BCUT2D eigenvalue weighted by molar-refractivity contribution is 0.670. The van der Waals surface area contributed by atoms with E-state index >= 15 is 0 Å². The van der Waals surface area contributed by atoms with Gasteiger partial charge in [-0.05, 0) is 38.6 Å². The number of thiazole rings is 1. The van der Waals surface area contributed by atoms with Crippen molar-refractivity contribution < 1.29 is 0 Å². The molecule has 0 spiro atoms. The molecule has 19 heavy (non-hydrogen) atoms. The highest BCUT2D eigenvalue weighted by molar-refractivity contribution is 7.15. The van der Waals surface area contributed by atoms with Crippen molar-refractivity contribution in [3.05, 3.63) is 10.6 Å². The zero-order valence-electron chi connectivity index (χ0n) is 12.7. The molecule has 0 radical (unpaired) electrons. The van der Waals surface area contributed by atoms with Gasteiger partial charge in [0, 0.05) is 24.0 Å². The summed E-state index contributed by atoms with van der Waals surface area (Å²) in [5.74, 6) is 0.515. The smallest absolute Gasteiger partial charge is 0.186 e. The van der Waals surface area contributed by atoms with Gasteiger partial charge in [-0.15, -0.1) is 11.3 Å². The van der Waals surface area contributed by atoms with Crippen molar-refractivity contribution >= 4 is 16.5 Å². The van der Waals surface area contributed by atoms with Gasteiger partial charge < -0.3 is 10.2 Å². The summed E-state index contributed by atoms with van der Waals surface area (Å²) in [6.45, 7) is 12.1. The van der Waals surface area contributed by atoms with Crippen LogP contribution in [0.5, 0.6) is 0 Å². The average Bonchev–Trinajstić information content (AvgIpc) is 3.11. The number of anilines is 1. The monoisotopic (exact) mass is 281 g/mol. The minimum atomic E-state index is 0.515. The fourth-order valence-corrected chi connectivity index (χ4v) is 3.69. The minimum Gasteiger partial charge on any atom is -0.345 e. The quantitative estimate of drug-likeness (QED) is 0.736. The minimum absolute atomic E-state index is 0.515. The Labute approximate surface area is 121 Å². The Kier molecular flexibility index (Phi) is 5.22. The van der Waals surface area contributed by atoms with Crippen LogP contribution in [0.2, 0.25) is 0 Å². The van der Waals surface area contributed by atoms with Crippen LogP contribution in [0.15, 0.2) is 0 Å². The third kappa shape index (κ3) is 3.69. The van der Waals surface area contributed by atoms with Crippen LogP contribution >= 0.6 is 11.3 Å². The van der Waals surface area contributed by atoms with Crippen LogP contribution in [0.1, 0.15) is 63.4 Å². The van der Waals surface area contributed by atoms with Crippen molar-refractivity contribution in [3.8, 4) is 0 Å². The van der Waals surface area contributed by atoms with Gasteiger partial charge in [0.15, 0.2) is 5.13 Å². The molecule has 0 bridgehead atoms. The summed E-state index contributed by atoms with van der Waals surface area (Å²) in [6.07, 6.45) is 3.87. The molecule has 3 nitrogen and oxygen atoms in total. The standard InChI is InChI=1S/C15H27N3S/c1-5-9-16-10-13-14(11(3)4)17-15(19-13)18(6-2)12-7-8-12/h11-12,16H,5-10H2,1-4H3. The lowest BCUT2D eigenvalue weighted by Crippen LogP contribution is -2.24. The molecule has 0 aliphatic heterocycles. The number of rotatable bonds is 8. The summed E-state index contributed by atoms with van der Waals surface area (Å²) in [5, 5.41) is 4.75. The maximum Gasteiger partial charge on any atom is 0.186 e. The third-order valence-electron chi connectivity index (χ3n) is 3.55. The molecule has 4 heteroatoms. The molecule has 1 heterocycles. The van der Waals surface area contributed by atoms with Crippen LogP contribution in [-0.2, 0) is 6.54 Å². The van der Waals surface area contributed by atoms with Gasteiger partial charge >= 0.3 is 0 Å². The van der Waals surface area contributed by atoms with E-state index in [9.17, 15) is 0 Å². The Morgan fingerprint density at radius 3 is 2.63 bits per heavy atom. The van der Waals surface area contributed by atoms with Crippen molar-refractivity contribution in [3.63, 3.8) is 0 Å². The van der Waals surface area contributed by atoms with Crippen molar-refractivity contribution in [2.24, 2.45) is 0 Å². The number of nitrogens with zero attached hydrogens (tertiary/aromatic N) is 2. The lowest BCUT2D eigenvalue weighted by Gasteiger charge is -2.18. The molecular formula is C15H27N3S. The van der Waals surface area contributed by atoms with Crippen molar-refractivity contribution in [1.29, 1.82) is 0 Å². The predicted molar refractivity (Wildman–Crippen MR) is 84.2 cm³/mol. The van der Waals surface area contributed by atoms with Gasteiger partial charge in [0.2, 0.25) is 0 Å². The maximum absolute atomic E-state index is 4.93. The summed E-state index contributed by atoms with van der Waals surface area (Å²) < 4.78 is 0. The Bertz CT molecular complexity index is 396. The van der Waals surface area contributed by atoms with Crippen LogP contribution < -0.4 is 10.2 Å². The van der Waals surface area contributed by atoms with Gasteiger partial charge in [-0.25, -0.2) is 4.98 Å². The summed E-state index contributed by atoms with van der Waals surface area (Å²) in [6, 6.07) is 0.757. The van der Waals surface area contributed by atoms with E-state index in [4.69, 9.17) is 4.98 Å². The zero-order chi connectivity index (χ0) is 13.8. The molecule has 0 saturated heterocycles. The second-order valence-electron chi connectivity index (χ2n) is 5.65. The number of aromatic nitrogens is 1. The molecule has 2 rings (SSSR count). The highest BCUT2D eigenvalue weighted by Gasteiger charge is 2.30. The molecule has 1 saturated carbocycles. The molecule has 1 fully saturated rings. The number of hydrogen-bond donors (Lipinski definition) is 1. The number of nitrogens with one attached hydrogen (secondary N) is 1. The second-order valence-corrected chi connectivity index (χ2v) is 6.72. The van der Waals surface area contributed by atoms with Gasteiger partial charge in [-0.1, -0.05) is 20.8 Å². The van der Waals surface area contributed by atoms with Crippen molar-refractivity contribution in [2.75, 3.05) is 18.0 Å². The highest BCUT2D eigenvalue weighted by Crippen LogP contribution is 2.36. The van der Waals surface area contributed by atoms with E-state index < -0.39 is 0 Å². The molecule has 0 aromatic carbocycles. The van der Waals surface area contributed by atoms with E-state index in [-0.39, 0.29) is 0 Å². The topological polar surface area (TPSA) is 28.2 Å². The summed E-state index contributed by atoms with van der Waals surface area (Å²) >= 11 is 1.89. The third-order valence-corrected chi connectivity index (χ3v) is 4.66. The van der Waals surface area contributed by atoms with Crippen molar-refractivity contribution in [2.45, 2.75) is 65.5 Å². The molecule has 0 amide bonds. The van der Waals surface area contributed by atoms with Crippen LogP contribution in [0.3, 0.4) is 0 Å². The van der Waals surface area contributed by atoms with Crippen LogP contribution in [0.4, 0.5) is 5.13 Å². The fraction of sp³-hybridized carbons (Fsp3) is 0.800. The van der Waals surface area contributed by atoms with E-state index in [1.54, 1.807) is 0 Å². The van der Waals surface area contributed by atoms with Gasteiger partial charge in [-0.3, -0.25) is 0 Å². The number of hydrogen-bond acceptors (Lipinski definition) is 4. The molecular weight excluding hydrogens is 254 g/mol. The predicted octanol–water partition coefficient (Wildman–Crippen LogP) is 3.75. The van der Waals surface area contributed by atoms with E-state index in [1.165, 1.54) is 35.0 Å². The molecule has 1 N–H and O–H groups in total. The first-order valence-electron chi connectivity index (χ1n) is 7.64. The largest absolute Gasteiger partial charge is 0.345 e. The van der Waals surface area contributed by atoms with Crippen molar-refractivity contribution in [1.82, 2.24) is 10.3 Å². The van der Waals surface area contributed by atoms with E-state index in [1.807, 2.05) is 11.3 Å².